The Balaban J connectivity index is 2.17. The Labute approximate surface area is 86.0 Å². The molecule has 0 aliphatic carbocycles. The number of ketones is 1. The van der Waals surface area contributed by atoms with Crippen LogP contribution < -0.4 is 5.32 Å². The quantitative estimate of drug-likeness (QED) is 0.783. The fraction of sp³-hybridized carbons (Fsp3) is 0.889. The lowest BCUT2D eigenvalue weighted by molar-refractivity contribution is -0.137. The molecule has 1 atom stereocenters. The molecule has 0 bridgehead atoms. The molecule has 0 aromatic rings. The summed E-state index contributed by atoms with van der Waals surface area (Å²) in [7, 11) is 0. The second-order valence-electron chi connectivity index (χ2n) is 3.52. The van der Waals surface area contributed by atoms with Gasteiger partial charge in [-0.15, -0.1) is 0 Å². The maximum absolute atomic E-state index is 11.8. The topological polar surface area (TPSA) is 38.3 Å². The number of hydrogen-bond donors (Lipinski definition) is 1. The number of halogens is 3. The lowest BCUT2D eigenvalue weighted by atomic mass is 10.1. The van der Waals surface area contributed by atoms with Gasteiger partial charge in [-0.05, 0) is 6.42 Å². The van der Waals surface area contributed by atoms with Crippen LogP contribution in [0.25, 0.3) is 0 Å². The zero-order valence-electron chi connectivity index (χ0n) is 8.27. The zero-order valence-corrected chi connectivity index (χ0v) is 8.27. The van der Waals surface area contributed by atoms with E-state index in [4.69, 9.17) is 4.74 Å². The van der Waals surface area contributed by atoms with Crippen molar-refractivity contribution in [3.63, 3.8) is 0 Å². The van der Waals surface area contributed by atoms with Gasteiger partial charge in [-0.2, -0.15) is 13.2 Å². The number of hydrogen-bond acceptors (Lipinski definition) is 3. The van der Waals surface area contributed by atoms with Crippen molar-refractivity contribution in [1.29, 1.82) is 0 Å². The maximum atomic E-state index is 11.8. The fourth-order valence-electron chi connectivity index (χ4n) is 1.41. The molecule has 1 N–H and O–H groups in total. The SMILES string of the molecule is O=C(CCCC(F)(F)F)C1COCCN1. The van der Waals surface area contributed by atoms with Crippen LogP contribution in [0.15, 0.2) is 0 Å². The summed E-state index contributed by atoms with van der Waals surface area (Å²) in [6.07, 6.45) is -5.25. The Morgan fingerprint density at radius 3 is 2.73 bits per heavy atom. The summed E-state index contributed by atoms with van der Waals surface area (Å²) in [5.74, 6) is -0.195. The van der Waals surface area contributed by atoms with E-state index in [1.54, 1.807) is 0 Å². The number of alkyl halides is 3. The largest absolute Gasteiger partial charge is 0.389 e. The van der Waals surface area contributed by atoms with E-state index in [9.17, 15) is 18.0 Å². The second kappa shape index (κ2) is 5.46. The highest BCUT2D eigenvalue weighted by atomic mass is 19.4. The van der Waals surface area contributed by atoms with Gasteiger partial charge >= 0.3 is 6.18 Å². The van der Waals surface area contributed by atoms with Gasteiger partial charge in [-0.1, -0.05) is 0 Å². The molecule has 1 heterocycles. The number of Topliss-reactive ketones (excluding diaryl/α,β-unsaturated/α-hetero) is 1. The van der Waals surface area contributed by atoms with Crippen molar-refractivity contribution < 1.29 is 22.7 Å². The minimum absolute atomic E-state index is 0.0411. The van der Waals surface area contributed by atoms with Crippen molar-refractivity contribution >= 4 is 5.78 Å². The monoisotopic (exact) mass is 225 g/mol. The van der Waals surface area contributed by atoms with Gasteiger partial charge in [0.15, 0.2) is 5.78 Å². The summed E-state index contributed by atoms with van der Waals surface area (Å²) in [4.78, 5) is 11.4. The van der Waals surface area contributed by atoms with Crippen LogP contribution in [0.2, 0.25) is 0 Å². The number of ether oxygens (including phenoxy) is 1. The maximum Gasteiger partial charge on any atom is 0.389 e. The van der Waals surface area contributed by atoms with Crippen LogP contribution in [0, 0.1) is 0 Å². The zero-order chi connectivity index (χ0) is 11.3. The average molecular weight is 225 g/mol. The van der Waals surface area contributed by atoms with Gasteiger partial charge in [0.05, 0.1) is 19.3 Å². The fourth-order valence-corrected chi connectivity index (χ4v) is 1.41. The Morgan fingerprint density at radius 2 is 2.20 bits per heavy atom. The summed E-state index contributed by atoms with van der Waals surface area (Å²) in [6.45, 7) is 1.40. The molecule has 1 rings (SSSR count). The molecule has 0 radical (unpaired) electrons. The highest BCUT2D eigenvalue weighted by molar-refractivity contribution is 5.84. The number of carbonyl (C=O) groups is 1. The third-order valence-corrected chi connectivity index (χ3v) is 2.19. The first kappa shape index (κ1) is 12.4. The third-order valence-electron chi connectivity index (χ3n) is 2.19. The van der Waals surface area contributed by atoms with Crippen molar-refractivity contribution in [2.45, 2.75) is 31.5 Å². The van der Waals surface area contributed by atoms with Crippen LogP contribution in [0.1, 0.15) is 19.3 Å². The van der Waals surface area contributed by atoms with Crippen LogP contribution in [-0.2, 0) is 9.53 Å². The molecule has 0 aromatic carbocycles. The first-order valence-electron chi connectivity index (χ1n) is 4.89. The Kier molecular flexibility index (Phi) is 4.53. The average Bonchev–Trinajstić information content (AvgIpc) is 2.17. The van der Waals surface area contributed by atoms with E-state index in [2.05, 4.69) is 5.32 Å². The Bertz CT molecular complexity index is 212. The van der Waals surface area contributed by atoms with E-state index in [1.165, 1.54) is 0 Å². The molecule has 1 aliphatic rings. The van der Waals surface area contributed by atoms with Gasteiger partial charge in [0.25, 0.3) is 0 Å². The summed E-state index contributed by atoms with van der Waals surface area (Å²) < 4.78 is 40.4. The van der Waals surface area contributed by atoms with E-state index < -0.39 is 18.6 Å². The molecule has 1 unspecified atom stereocenters. The molecule has 1 aliphatic heterocycles. The van der Waals surface area contributed by atoms with Crippen molar-refractivity contribution in [3.8, 4) is 0 Å². The predicted octanol–water partition coefficient (Wildman–Crippen LogP) is 1.28. The third kappa shape index (κ3) is 5.13. The molecule has 6 heteroatoms. The van der Waals surface area contributed by atoms with Crippen molar-refractivity contribution in [1.82, 2.24) is 5.32 Å². The van der Waals surface area contributed by atoms with E-state index in [-0.39, 0.29) is 25.2 Å². The summed E-state index contributed by atoms with van der Waals surface area (Å²) in [5, 5.41) is 2.91. The minimum atomic E-state index is -4.17. The first-order chi connectivity index (χ1) is 6.99. The molecule has 0 spiro atoms. The summed E-state index contributed by atoms with van der Waals surface area (Å²) in [6, 6.07) is -0.424. The van der Waals surface area contributed by atoms with Gasteiger partial charge in [0.2, 0.25) is 0 Å². The standard InChI is InChI=1S/C9H14F3NO2/c10-9(11,12)3-1-2-8(14)7-6-15-5-4-13-7/h7,13H,1-6H2. The van der Waals surface area contributed by atoms with Crippen molar-refractivity contribution in [2.75, 3.05) is 19.8 Å². The second-order valence-corrected chi connectivity index (χ2v) is 3.52. The highest BCUT2D eigenvalue weighted by Crippen LogP contribution is 2.22. The Morgan fingerprint density at radius 1 is 1.47 bits per heavy atom. The van der Waals surface area contributed by atoms with Gasteiger partial charge in [0.1, 0.15) is 0 Å². The highest BCUT2D eigenvalue weighted by Gasteiger charge is 2.28. The van der Waals surface area contributed by atoms with Gasteiger partial charge in [0, 0.05) is 19.4 Å². The first-order valence-corrected chi connectivity index (χ1v) is 4.89. The molecular formula is C9H14F3NO2. The molecule has 1 saturated heterocycles. The van der Waals surface area contributed by atoms with Crippen LogP contribution in [0.4, 0.5) is 13.2 Å². The van der Waals surface area contributed by atoms with Crippen LogP contribution in [-0.4, -0.2) is 37.8 Å². The minimum Gasteiger partial charge on any atom is -0.378 e. The molecule has 1 fully saturated rings. The van der Waals surface area contributed by atoms with E-state index in [1.807, 2.05) is 0 Å². The molecule has 0 amide bonds. The molecule has 0 saturated carbocycles. The number of rotatable bonds is 4. The van der Waals surface area contributed by atoms with E-state index >= 15 is 0 Å². The van der Waals surface area contributed by atoms with Gasteiger partial charge < -0.3 is 10.1 Å². The molecule has 88 valence electrons. The van der Waals surface area contributed by atoms with Gasteiger partial charge in [-0.3, -0.25) is 4.79 Å². The summed E-state index contributed by atoms with van der Waals surface area (Å²) >= 11 is 0. The molecule has 15 heavy (non-hydrogen) atoms. The van der Waals surface area contributed by atoms with Crippen LogP contribution >= 0.6 is 0 Å². The number of morpholine rings is 1. The molecule has 3 nitrogen and oxygen atoms in total. The normalized spacial score (nSPS) is 22.7. The molecular weight excluding hydrogens is 211 g/mol. The number of carbonyl (C=O) groups excluding carboxylic acids is 1. The van der Waals surface area contributed by atoms with Crippen molar-refractivity contribution in [3.05, 3.63) is 0 Å². The van der Waals surface area contributed by atoms with E-state index in [0.29, 0.717) is 13.2 Å². The van der Waals surface area contributed by atoms with Crippen LogP contribution in [0.5, 0.6) is 0 Å². The molecule has 0 aromatic heterocycles. The van der Waals surface area contributed by atoms with Crippen LogP contribution in [0.3, 0.4) is 0 Å². The van der Waals surface area contributed by atoms with Crippen molar-refractivity contribution in [2.24, 2.45) is 0 Å². The van der Waals surface area contributed by atoms with E-state index in [0.717, 1.165) is 0 Å². The lowest BCUT2D eigenvalue weighted by Crippen LogP contribution is -2.46. The predicted molar refractivity (Wildman–Crippen MR) is 47.5 cm³/mol. The van der Waals surface area contributed by atoms with Gasteiger partial charge in [-0.25, -0.2) is 0 Å². The Hall–Kier alpha value is -0.620. The number of nitrogens with one attached hydrogen (secondary N) is 1. The smallest absolute Gasteiger partial charge is 0.378 e. The summed E-state index contributed by atoms with van der Waals surface area (Å²) in [5.41, 5.74) is 0. The lowest BCUT2D eigenvalue weighted by Gasteiger charge is -2.22.